The van der Waals surface area contributed by atoms with E-state index in [9.17, 15) is 4.79 Å². The van der Waals surface area contributed by atoms with E-state index in [1.165, 1.54) is 11.8 Å². The summed E-state index contributed by atoms with van der Waals surface area (Å²) in [5.41, 5.74) is 2.77. The molecule has 3 rings (SSSR count). The zero-order valence-electron chi connectivity index (χ0n) is 14.8. The third kappa shape index (κ3) is 4.11. The minimum Gasteiger partial charge on any atom is -0.325 e. The van der Waals surface area contributed by atoms with E-state index >= 15 is 0 Å². The Kier molecular flexibility index (Phi) is 6.01. The highest BCUT2D eigenvalue weighted by molar-refractivity contribution is 7.99. The molecule has 1 amide bonds. The first-order valence-electron chi connectivity index (χ1n) is 8.58. The molecule has 1 aromatic carbocycles. The third-order valence-corrected chi connectivity index (χ3v) is 4.90. The first-order valence-corrected chi connectivity index (χ1v) is 9.56. The Morgan fingerprint density at radius 3 is 2.65 bits per heavy atom. The second-order valence-corrected chi connectivity index (χ2v) is 6.56. The average Bonchev–Trinajstić information content (AvgIpc) is 3.10. The van der Waals surface area contributed by atoms with Crippen LogP contribution in [0.1, 0.15) is 19.4 Å². The van der Waals surface area contributed by atoms with E-state index in [2.05, 4.69) is 27.4 Å². The van der Waals surface area contributed by atoms with Gasteiger partial charge in [-0.05, 0) is 37.1 Å². The van der Waals surface area contributed by atoms with Gasteiger partial charge < -0.3 is 9.88 Å². The Labute approximate surface area is 157 Å². The number of thioether (sulfide) groups is 1. The second-order valence-electron chi connectivity index (χ2n) is 5.61. The number of hydrogen-bond donors (Lipinski definition) is 1. The van der Waals surface area contributed by atoms with Crippen LogP contribution < -0.4 is 5.32 Å². The molecule has 7 heteroatoms. The molecule has 2 aromatic heterocycles. The number of carbonyl (C=O) groups excluding carboxylic acids is 1. The zero-order chi connectivity index (χ0) is 18.4. The summed E-state index contributed by atoms with van der Waals surface area (Å²) in [5, 5.41) is 12.2. The molecule has 0 atom stereocenters. The van der Waals surface area contributed by atoms with Crippen LogP contribution in [0.15, 0.2) is 53.8 Å². The van der Waals surface area contributed by atoms with Crippen LogP contribution in [0.25, 0.3) is 11.5 Å². The molecular formula is C19H21N5OS. The molecular weight excluding hydrogens is 346 g/mol. The van der Waals surface area contributed by atoms with Gasteiger partial charge in [-0.15, -0.1) is 10.2 Å². The molecule has 0 unspecified atom stereocenters. The van der Waals surface area contributed by atoms with Gasteiger partial charge in [0.15, 0.2) is 11.0 Å². The summed E-state index contributed by atoms with van der Waals surface area (Å²) in [4.78, 5) is 16.7. The highest BCUT2D eigenvalue weighted by Gasteiger charge is 2.15. The lowest BCUT2D eigenvalue weighted by Gasteiger charge is -2.10. The summed E-state index contributed by atoms with van der Waals surface area (Å²) in [6, 6.07) is 13.5. The fourth-order valence-corrected chi connectivity index (χ4v) is 3.43. The van der Waals surface area contributed by atoms with E-state index in [0.717, 1.165) is 23.4 Å². The van der Waals surface area contributed by atoms with Crippen LogP contribution in [0.2, 0.25) is 0 Å². The van der Waals surface area contributed by atoms with E-state index in [-0.39, 0.29) is 11.7 Å². The number of aromatic nitrogens is 4. The van der Waals surface area contributed by atoms with Crippen molar-refractivity contribution in [1.29, 1.82) is 0 Å². The fraction of sp³-hybridized carbons (Fsp3) is 0.263. The van der Waals surface area contributed by atoms with Gasteiger partial charge in [0.2, 0.25) is 5.91 Å². The second kappa shape index (κ2) is 8.62. The molecule has 3 aromatic rings. The average molecular weight is 367 g/mol. The molecule has 1 N–H and O–H groups in total. The SMILES string of the molecule is CCc1ccccc1NC(=O)CSc1nnc(-c2ccccn2)n1CC. The lowest BCUT2D eigenvalue weighted by Crippen LogP contribution is -2.15. The van der Waals surface area contributed by atoms with E-state index in [0.29, 0.717) is 17.5 Å². The highest BCUT2D eigenvalue weighted by atomic mass is 32.2. The molecule has 6 nitrogen and oxygen atoms in total. The number of nitrogens with zero attached hydrogens (tertiary/aromatic N) is 4. The lowest BCUT2D eigenvalue weighted by molar-refractivity contribution is -0.113. The first-order chi connectivity index (χ1) is 12.7. The predicted molar refractivity (Wildman–Crippen MR) is 104 cm³/mol. The van der Waals surface area contributed by atoms with Crippen molar-refractivity contribution in [3.05, 3.63) is 54.2 Å². The van der Waals surface area contributed by atoms with Gasteiger partial charge in [-0.3, -0.25) is 9.78 Å². The van der Waals surface area contributed by atoms with Gasteiger partial charge in [0.1, 0.15) is 5.69 Å². The molecule has 2 heterocycles. The Morgan fingerprint density at radius 2 is 1.92 bits per heavy atom. The molecule has 26 heavy (non-hydrogen) atoms. The van der Waals surface area contributed by atoms with Gasteiger partial charge in [-0.1, -0.05) is 43.0 Å². The number of para-hydroxylation sites is 1. The van der Waals surface area contributed by atoms with Crippen LogP contribution in [0.4, 0.5) is 5.69 Å². The number of carbonyl (C=O) groups is 1. The molecule has 0 bridgehead atoms. The number of pyridine rings is 1. The maximum atomic E-state index is 12.3. The monoisotopic (exact) mass is 367 g/mol. The number of hydrogen-bond acceptors (Lipinski definition) is 5. The van der Waals surface area contributed by atoms with Crippen molar-refractivity contribution in [2.75, 3.05) is 11.1 Å². The maximum absolute atomic E-state index is 12.3. The molecule has 0 aliphatic heterocycles. The van der Waals surface area contributed by atoms with Gasteiger partial charge in [0, 0.05) is 18.4 Å². The summed E-state index contributed by atoms with van der Waals surface area (Å²) in [5.74, 6) is 0.937. The van der Waals surface area contributed by atoms with Crippen LogP contribution in [0.5, 0.6) is 0 Å². The Hall–Kier alpha value is -2.67. The number of amides is 1. The van der Waals surface area contributed by atoms with Gasteiger partial charge >= 0.3 is 0 Å². The Bertz CT molecular complexity index is 879. The first kappa shape index (κ1) is 18.1. The molecule has 0 saturated carbocycles. The van der Waals surface area contributed by atoms with Crippen molar-refractivity contribution in [1.82, 2.24) is 19.7 Å². The van der Waals surface area contributed by atoms with E-state index in [1.807, 2.05) is 54.0 Å². The molecule has 0 aliphatic rings. The fourth-order valence-electron chi connectivity index (χ4n) is 2.63. The third-order valence-electron chi connectivity index (χ3n) is 3.93. The van der Waals surface area contributed by atoms with Crippen molar-refractivity contribution in [2.45, 2.75) is 32.0 Å². The van der Waals surface area contributed by atoms with Crippen LogP contribution in [-0.2, 0) is 17.8 Å². The van der Waals surface area contributed by atoms with Crippen molar-refractivity contribution in [3.63, 3.8) is 0 Å². The lowest BCUT2D eigenvalue weighted by atomic mass is 10.1. The predicted octanol–water partition coefficient (Wildman–Crippen LogP) is 3.65. The molecule has 0 aliphatic carbocycles. The van der Waals surface area contributed by atoms with Gasteiger partial charge in [0.25, 0.3) is 0 Å². The largest absolute Gasteiger partial charge is 0.325 e. The summed E-state index contributed by atoms with van der Waals surface area (Å²) < 4.78 is 1.97. The summed E-state index contributed by atoms with van der Waals surface area (Å²) in [6.07, 6.45) is 2.61. The van der Waals surface area contributed by atoms with E-state index in [4.69, 9.17) is 0 Å². The summed E-state index contributed by atoms with van der Waals surface area (Å²) >= 11 is 1.38. The minimum atomic E-state index is -0.0547. The zero-order valence-corrected chi connectivity index (χ0v) is 15.7. The number of rotatable bonds is 7. The Morgan fingerprint density at radius 1 is 1.12 bits per heavy atom. The molecule has 134 valence electrons. The minimum absolute atomic E-state index is 0.0547. The number of aryl methyl sites for hydroxylation is 1. The number of nitrogens with one attached hydrogen (secondary N) is 1. The number of benzene rings is 1. The van der Waals surface area contributed by atoms with Crippen molar-refractivity contribution >= 4 is 23.4 Å². The molecule has 0 spiro atoms. The van der Waals surface area contributed by atoms with E-state index in [1.54, 1.807) is 6.20 Å². The maximum Gasteiger partial charge on any atom is 0.234 e. The standard InChI is InChI=1S/C19H21N5OS/c1-3-14-9-5-6-10-15(14)21-17(25)13-26-19-23-22-18(24(19)4-2)16-11-7-8-12-20-16/h5-12H,3-4,13H2,1-2H3,(H,21,25). The van der Waals surface area contributed by atoms with Crippen molar-refractivity contribution in [2.24, 2.45) is 0 Å². The van der Waals surface area contributed by atoms with E-state index < -0.39 is 0 Å². The number of anilines is 1. The topological polar surface area (TPSA) is 72.7 Å². The van der Waals surface area contributed by atoms with Crippen molar-refractivity contribution < 1.29 is 4.79 Å². The van der Waals surface area contributed by atoms with Crippen molar-refractivity contribution in [3.8, 4) is 11.5 Å². The summed E-state index contributed by atoms with van der Waals surface area (Å²) in [6.45, 7) is 4.81. The van der Waals surface area contributed by atoms with Gasteiger partial charge in [0.05, 0.1) is 5.75 Å². The molecule has 0 radical (unpaired) electrons. The highest BCUT2D eigenvalue weighted by Crippen LogP contribution is 2.23. The van der Waals surface area contributed by atoms with Crippen LogP contribution in [0, 0.1) is 0 Å². The van der Waals surface area contributed by atoms with Gasteiger partial charge in [-0.25, -0.2) is 0 Å². The normalized spacial score (nSPS) is 10.7. The van der Waals surface area contributed by atoms with Gasteiger partial charge in [-0.2, -0.15) is 0 Å². The van der Waals surface area contributed by atoms with Crippen LogP contribution >= 0.6 is 11.8 Å². The summed E-state index contributed by atoms with van der Waals surface area (Å²) in [7, 11) is 0. The quantitative estimate of drug-likeness (QED) is 0.645. The molecule has 0 fully saturated rings. The smallest absolute Gasteiger partial charge is 0.234 e. The molecule has 0 saturated heterocycles. The Balaban J connectivity index is 1.68. The van der Waals surface area contributed by atoms with Crippen LogP contribution in [-0.4, -0.2) is 31.4 Å². The van der Waals surface area contributed by atoms with Crippen LogP contribution in [0.3, 0.4) is 0 Å².